The molecule has 2 rings (SSSR count). The van der Waals surface area contributed by atoms with Crippen molar-refractivity contribution < 1.29 is 9.53 Å². The van der Waals surface area contributed by atoms with Crippen LogP contribution in [-0.2, 0) is 4.74 Å². The van der Waals surface area contributed by atoms with E-state index in [4.69, 9.17) is 4.74 Å². The Morgan fingerprint density at radius 3 is 2.78 bits per heavy atom. The van der Waals surface area contributed by atoms with Crippen molar-refractivity contribution in [1.29, 1.82) is 0 Å². The third kappa shape index (κ3) is 3.07. The van der Waals surface area contributed by atoms with Crippen LogP contribution in [-0.4, -0.2) is 29.7 Å². The third-order valence-corrected chi connectivity index (χ3v) is 3.04. The average Bonchev–Trinajstić information content (AvgIpc) is 2.39. The SMILES string of the molecule is CC(C)N=c1ccccn1C(=O)C1CCOCC1. The van der Waals surface area contributed by atoms with Gasteiger partial charge >= 0.3 is 0 Å². The first-order chi connectivity index (χ1) is 8.68. The number of nitrogens with zero attached hydrogens (tertiary/aromatic N) is 2. The summed E-state index contributed by atoms with van der Waals surface area (Å²) in [6.45, 7) is 5.38. The van der Waals surface area contributed by atoms with Gasteiger partial charge in [0, 0.05) is 31.4 Å². The maximum atomic E-state index is 12.4. The summed E-state index contributed by atoms with van der Waals surface area (Å²) in [6, 6.07) is 5.85. The summed E-state index contributed by atoms with van der Waals surface area (Å²) in [5.41, 5.74) is 0.740. The topological polar surface area (TPSA) is 43.6 Å². The number of hydrogen-bond donors (Lipinski definition) is 0. The second kappa shape index (κ2) is 5.96. The van der Waals surface area contributed by atoms with Crippen molar-refractivity contribution in [3.63, 3.8) is 0 Å². The minimum atomic E-state index is 0.0623. The van der Waals surface area contributed by atoms with Gasteiger partial charge in [0.1, 0.15) is 5.49 Å². The number of carbonyl (C=O) groups excluding carboxylic acids is 1. The predicted octanol–water partition coefficient (Wildman–Crippen LogP) is 1.86. The Kier molecular flexibility index (Phi) is 4.31. The van der Waals surface area contributed by atoms with E-state index >= 15 is 0 Å². The monoisotopic (exact) mass is 248 g/mol. The Bertz CT molecular complexity index is 471. The lowest BCUT2D eigenvalue weighted by molar-refractivity contribution is 0.0482. The maximum absolute atomic E-state index is 12.4. The highest BCUT2D eigenvalue weighted by atomic mass is 16.5. The van der Waals surface area contributed by atoms with Crippen molar-refractivity contribution >= 4 is 5.91 Å². The molecule has 0 aliphatic carbocycles. The lowest BCUT2D eigenvalue weighted by atomic mass is 9.99. The molecule has 1 aliphatic rings. The molecule has 2 heterocycles. The molecule has 0 bridgehead atoms. The first-order valence-electron chi connectivity index (χ1n) is 6.52. The van der Waals surface area contributed by atoms with Gasteiger partial charge in [-0.25, -0.2) is 0 Å². The molecule has 0 unspecified atom stereocenters. The van der Waals surface area contributed by atoms with E-state index in [9.17, 15) is 4.79 Å². The molecular formula is C14H20N2O2. The molecule has 1 saturated heterocycles. The summed E-state index contributed by atoms with van der Waals surface area (Å²) in [5, 5.41) is 0. The molecule has 18 heavy (non-hydrogen) atoms. The van der Waals surface area contributed by atoms with Gasteiger partial charge in [-0.3, -0.25) is 14.4 Å². The van der Waals surface area contributed by atoms with E-state index in [1.807, 2.05) is 32.0 Å². The molecule has 0 aromatic carbocycles. The lowest BCUT2D eigenvalue weighted by Crippen LogP contribution is -2.34. The summed E-state index contributed by atoms with van der Waals surface area (Å²) in [5.74, 6) is 0.200. The van der Waals surface area contributed by atoms with E-state index in [2.05, 4.69) is 4.99 Å². The molecule has 0 spiro atoms. The number of ether oxygens (including phenoxy) is 1. The number of carbonyl (C=O) groups is 1. The summed E-state index contributed by atoms with van der Waals surface area (Å²) < 4.78 is 6.97. The van der Waals surface area contributed by atoms with Crippen LogP contribution in [0.25, 0.3) is 0 Å². The molecule has 0 radical (unpaired) electrons. The van der Waals surface area contributed by atoms with E-state index < -0.39 is 0 Å². The van der Waals surface area contributed by atoms with Crippen LogP contribution >= 0.6 is 0 Å². The molecule has 0 atom stereocenters. The van der Waals surface area contributed by atoms with Gasteiger partial charge in [-0.2, -0.15) is 0 Å². The molecule has 4 nitrogen and oxygen atoms in total. The van der Waals surface area contributed by atoms with Gasteiger partial charge in [-0.15, -0.1) is 0 Å². The summed E-state index contributed by atoms with van der Waals surface area (Å²) >= 11 is 0. The fourth-order valence-corrected chi connectivity index (χ4v) is 2.13. The number of rotatable bonds is 2. The van der Waals surface area contributed by atoms with Crippen LogP contribution in [0.1, 0.15) is 31.5 Å². The van der Waals surface area contributed by atoms with E-state index in [1.54, 1.807) is 10.8 Å². The Morgan fingerprint density at radius 2 is 2.11 bits per heavy atom. The number of aromatic nitrogens is 1. The predicted molar refractivity (Wildman–Crippen MR) is 69.3 cm³/mol. The van der Waals surface area contributed by atoms with E-state index in [0.29, 0.717) is 13.2 Å². The fourth-order valence-electron chi connectivity index (χ4n) is 2.13. The van der Waals surface area contributed by atoms with Crippen molar-refractivity contribution in [2.24, 2.45) is 10.9 Å². The molecule has 0 N–H and O–H groups in total. The van der Waals surface area contributed by atoms with Gasteiger partial charge in [0.25, 0.3) is 0 Å². The first kappa shape index (κ1) is 13.0. The summed E-state index contributed by atoms with van der Waals surface area (Å²) in [7, 11) is 0. The Morgan fingerprint density at radius 1 is 1.39 bits per heavy atom. The highest BCUT2D eigenvalue weighted by Gasteiger charge is 2.22. The zero-order valence-electron chi connectivity index (χ0n) is 11.0. The van der Waals surface area contributed by atoms with Gasteiger partial charge in [-0.1, -0.05) is 6.07 Å². The second-order valence-electron chi connectivity index (χ2n) is 4.88. The van der Waals surface area contributed by atoms with Gasteiger partial charge in [0.15, 0.2) is 0 Å². The molecular weight excluding hydrogens is 228 g/mol. The van der Waals surface area contributed by atoms with E-state index in [1.165, 1.54) is 0 Å². The highest BCUT2D eigenvalue weighted by molar-refractivity contribution is 5.81. The van der Waals surface area contributed by atoms with Crippen LogP contribution in [0, 0.1) is 5.92 Å². The zero-order chi connectivity index (χ0) is 13.0. The molecule has 98 valence electrons. The first-order valence-corrected chi connectivity index (χ1v) is 6.52. The zero-order valence-corrected chi connectivity index (χ0v) is 11.0. The van der Waals surface area contributed by atoms with Crippen LogP contribution < -0.4 is 5.49 Å². The Hall–Kier alpha value is -1.42. The second-order valence-corrected chi connectivity index (χ2v) is 4.88. The maximum Gasteiger partial charge on any atom is 0.235 e. The standard InChI is InChI=1S/C14H20N2O2/c1-11(2)15-13-5-3-4-8-16(13)14(17)12-6-9-18-10-7-12/h3-5,8,11-12H,6-7,9-10H2,1-2H3. The van der Waals surface area contributed by atoms with Crippen LogP contribution in [0.3, 0.4) is 0 Å². The Labute approximate surface area is 107 Å². The van der Waals surface area contributed by atoms with Crippen LogP contribution in [0.15, 0.2) is 29.4 Å². The summed E-state index contributed by atoms with van der Waals surface area (Å²) in [6.07, 6.45) is 3.42. The summed E-state index contributed by atoms with van der Waals surface area (Å²) in [4.78, 5) is 16.9. The smallest absolute Gasteiger partial charge is 0.235 e. The van der Waals surface area contributed by atoms with Crippen molar-refractivity contribution in [3.05, 3.63) is 29.9 Å². The van der Waals surface area contributed by atoms with Crippen molar-refractivity contribution in [3.8, 4) is 0 Å². The molecule has 1 aliphatic heterocycles. The van der Waals surface area contributed by atoms with Crippen molar-refractivity contribution in [1.82, 2.24) is 4.57 Å². The molecule has 1 aromatic heterocycles. The number of pyridine rings is 1. The number of hydrogen-bond acceptors (Lipinski definition) is 3. The van der Waals surface area contributed by atoms with Crippen LogP contribution in [0.5, 0.6) is 0 Å². The van der Waals surface area contributed by atoms with Gasteiger partial charge in [-0.05, 0) is 38.8 Å². The third-order valence-electron chi connectivity index (χ3n) is 3.04. The highest BCUT2D eigenvalue weighted by Crippen LogP contribution is 2.16. The minimum absolute atomic E-state index is 0.0623. The largest absolute Gasteiger partial charge is 0.381 e. The molecule has 0 saturated carbocycles. The van der Waals surface area contributed by atoms with Gasteiger partial charge in [0.2, 0.25) is 5.91 Å². The minimum Gasteiger partial charge on any atom is -0.381 e. The van der Waals surface area contributed by atoms with Crippen molar-refractivity contribution in [2.45, 2.75) is 32.7 Å². The molecule has 1 aromatic rings. The fraction of sp³-hybridized carbons (Fsp3) is 0.571. The van der Waals surface area contributed by atoms with Gasteiger partial charge < -0.3 is 4.74 Å². The van der Waals surface area contributed by atoms with Crippen LogP contribution in [0.4, 0.5) is 0 Å². The normalized spacial score (nSPS) is 18.3. The molecule has 0 amide bonds. The van der Waals surface area contributed by atoms with Gasteiger partial charge in [0.05, 0.1) is 0 Å². The Balaban J connectivity index is 2.29. The average molecular weight is 248 g/mol. The molecule has 1 fully saturated rings. The molecule has 4 heteroatoms. The van der Waals surface area contributed by atoms with E-state index in [0.717, 1.165) is 18.3 Å². The lowest BCUT2D eigenvalue weighted by Gasteiger charge is -2.21. The quantitative estimate of drug-likeness (QED) is 0.802. The van der Waals surface area contributed by atoms with Crippen LogP contribution in [0.2, 0.25) is 0 Å². The van der Waals surface area contributed by atoms with E-state index in [-0.39, 0.29) is 17.9 Å². The van der Waals surface area contributed by atoms with Crippen molar-refractivity contribution in [2.75, 3.05) is 13.2 Å².